The Labute approximate surface area is 120 Å². The van der Waals surface area contributed by atoms with Crippen molar-refractivity contribution in [2.75, 3.05) is 12.8 Å². The third kappa shape index (κ3) is 2.92. The second kappa shape index (κ2) is 5.92. The van der Waals surface area contributed by atoms with E-state index in [1.54, 1.807) is 6.07 Å². The summed E-state index contributed by atoms with van der Waals surface area (Å²) >= 11 is 0. The average molecular weight is 286 g/mol. The minimum absolute atomic E-state index is 0.00687. The van der Waals surface area contributed by atoms with Crippen molar-refractivity contribution in [2.45, 2.75) is 0 Å². The van der Waals surface area contributed by atoms with Crippen LogP contribution in [0.1, 0.15) is 15.9 Å². The first-order valence-corrected chi connectivity index (χ1v) is 5.91. The van der Waals surface area contributed by atoms with Gasteiger partial charge in [0.05, 0.1) is 7.11 Å². The van der Waals surface area contributed by atoms with Crippen molar-refractivity contribution in [1.29, 1.82) is 5.26 Å². The van der Waals surface area contributed by atoms with Crippen molar-refractivity contribution >= 4 is 11.7 Å². The Hall–Kier alpha value is -3.07. The number of ether oxygens (including phenoxy) is 2. The maximum absolute atomic E-state index is 13.5. The third-order valence-corrected chi connectivity index (χ3v) is 2.72. The highest BCUT2D eigenvalue weighted by atomic mass is 19.1. The number of hydrogen-bond acceptors (Lipinski definition) is 5. The van der Waals surface area contributed by atoms with E-state index < -0.39 is 11.8 Å². The van der Waals surface area contributed by atoms with Gasteiger partial charge in [-0.3, -0.25) is 0 Å². The lowest BCUT2D eigenvalue weighted by Gasteiger charge is -2.11. The summed E-state index contributed by atoms with van der Waals surface area (Å²) in [6, 6.07) is 10.1. The fourth-order valence-electron chi connectivity index (χ4n) is 1.72. The molecule has 0 heterocycles. The second-order valence-electron chi connectivity index (χ2n) is 4.07. The predicted molar refractivity (Wildman–Crippen MR) is 73.4 cm³/mol. The van der Waals surface area contributed by atoms with Gasteiger partial charge in [0.15, 0.2) is 0 Å². The van der Waals surface area contributed by atoms with E-state index in [0.29, 0.717) is 5.69 Å². The first-order valence-electron chi connectivity index (χ1n) is 5.91. The van der Waals surface area contributed by atoms with E-state index in [-0.39, 0.29) is 22.6 Å². The van der Waals surface area contributed by atoms with Crippen LogP contribution in [0.5, 0.6) is 11.5 Å². The number of carbonyl (C=O) groups excluding carboxylic acids is 1. The largest absolute Gasteiger partial charge is 0.465 e. The molecular formula is C15H11FN2O3. The molecular weight excluding hydrogens is 275 g/mol. The molecule has 21 heavy (non-hydrogen) atoms. The van der Waals surface area contributed by atoms with Gasteiger partial charge >= 0.3 is 5.97 Å². The van der Waals surface area contributed by atoms with Gasteiger partial charge in [-0.25, -0.2) is 9.18 Å². The van der Waals surface area contributed by atoms with E-state index in [1.807, 2.05) is 0 Å². The Morgan fingerprint density at radius 2 is 2.05 bits per heavy atom. The topological polar surface area (TPSA) is 85.3 Å². The maximum atomic E-state index is 13.5. The van der Waals surface area contributed by atoms with Crippen LogP contribution in [-0.2, 0) is 4.74 Å². The van der Waals surface area contributed by atoms with Crippen LogP contribution >= 0.6 is 0 Å². The minimum atomic E-state index is -0.704. The SMILES string of the molecule is COC(=O)c1cc(N)ccc1Oc1cccc(F)c1C#N. The molecule has 0 aromatic heterocycles. The van der Waals surface area contributed by atoms with Gasteiger partial charge in [0, 0.05) is 5.69 Å². The summed E-state index contributed by atoms with van der Waals surface area (Å²) in [6.07, 6.45) is 0. The van der Waals surface area contributed by atoms with Gasteiger partial charge in [0.2, 0.25) is 0 Å². The maximum Gasteiger partial charge on any atom is 0.341 e. The van der Waals surface area contributed by atoms with E-state index in [1.165, 1.54) is 37.4 Å². The number of nitrogens with zero attached hydrogens (tertiary/aromatic N) is 1. The van der Waals surface area contributed by atoms with Crippen LogP contribution in [0.15, 0.2) is 36.4 Å². The summed E-state index contributed by atoms with van der Waals surface area (Å²) in [5.74, 6) is -1.22. The van der Waals surface area contributed by atoms with Crippen LogP contribution < -0.4 is 10.5 Å². The highest BCUT2D eigenvalue weighted by Crippen LogP contribution is 2.30. The summed E-state index contributed by atoms with van der Waals surface area (Å²) < 4.78 is 23.6. The number of anilines is 1. The van der Waals surface area contributed by atoms with Crippen LogP contribution in [0.4, 0.5) is 10.1 Å². The van der Waals surface area contributed by atoms with Gasteiger partial charge < -0.3 is 15.2 Å². The molecule has 5 nitrogen and oxygen atoms in total. The number of esters is 1. The summed E-state index contributed by atoms with van der Waals surface area (Å²) in [5, 5.41) is 8.96. The lowest BCUT2D eigenvalue weighted by Crippen LogP contribution is -2.05. The van der Waals surface area contributed by atoms with Crippen molar-refractivity contribution in [1.82, 2.24) is 0 Å². The summed E-state index contributed by atoms with van der Waals surface area (Å²) in [6.45, 7) is 0. The number of benzene rings is 2. The van der Waals surface area contributed by atoms with Crippen LogP contribution in [0.25, 0.3) is 0 Å². The third-order valence-electron chi connectivity index (χ3n) is 2.72. The van der Waals surface area contributed by atoms with E-state index in [2.05, 4.69) is 4.74 Å². The molecule has 0 unspecified atom stereocenters. The van der Waals surface area contributed by atoms with Crippen molar-refractivity contribution in [3.8, 4) is 17.6 Å². The molecule has 0 saturated carbocycles. The fourth-order valence-corrected chi connectivity index (χ4v) is 1.72. The normalized spacial score (nSPS) is 9.76. The number of hydrogen-bond donors (Lipinski definition) is 1. The van der Waals surface area contributed by atoms with Gasteiger partial charge in [0.25, 0.3) is 0 Å². The zero-order valence-corrected chi connectivity index (χ0v) is 11.1. The molecule has 0 radical (unpaired) electrons. The standard InChI is InChI=1S/C15H11FN2O3/c1-20-15(19)10-7-9(18)5-6-14(10)21-13-4-2-3-12(16)11(13)8-17/h2-7H,18H2,1H3. The van der Waals surface area contributed by atoms with E-state index in [4.69, 9.17) is 15.7 Å². The zero-order chi connectivity index (χ0) is 15.4. The molecule has 0 aliphatic carbocycles. The second-order valence-corrected chi connectivity index (χ2v) is 4.07. The van der Waals surface area contributed by atoms with Crippen LogP contribution in [0.3, 0.4) is 0 Å². The highest BCUT2D eigenvalue weighted by molar-refractivity contribution is 5.93. The summed E-state index contributed by atoms with van der Waals surface area (Å²) in [4.78, 5) is 11.7. The summed E-state index contributed by atoms with van der Waals surface area (Å²) in [5.41, 5.74) is 5.81. The zero-order valence-electron chi connectivity index (χ0n) is 11.1. The van der Waals surface area contributed by atoms with Crippen molar-refractivity contribution < 1.29 is 18.7 Å². The number of nitrogen functional groups attached to an aromatic ring is 1. The molecule has 0 saturated heterocycles. The van der Waals surface area contributed by atoms with Gasteiger partial charge in [-0.2, -0.15) is 5.26 Å². The Morgan fingerprint density at radius 1 is 1.29 bits per heavy atom. The predicted octanol–water partition coefficient (Wildman–Crippen LogP) is 2.86. The van der Waals surface area contributed by atoms with Crippen LogP contribution in [0.2, 0.25) is 0 Å². The van der Waals surface area contributed by atoms with Crippen molar-refractivity contribution in [3.05, 3.63) is 53.3 Å². The van der Waals surface area contributed by atoms with Crippen molar-refractivity contribution in [2.24, 2.45) is 0 Å². The fraction of sp³-hybridized carbons (Fsp3) is 0.0667. The average Bonchev–Trinajstić information content (AvgIpc) is 2.48. The minimum Gasteiger partial charge on any atom is -0.465 e. The Kier molecular flexibility index (Phi) is 4.05. The molecule has 0 spiro atoms. The molecule has 6 heteroatoms. The molecule has 2 rings (SSSR count). The lowest BCUT2D eigenvalue weighted by molar-refractivity contribution is 0.0598. The number of nitriles is 1. The molecule has 2 aromatic rings. The van der Waals surface area contributed by atoms with Gasteiger partial charge in [0.1, 0.15) is 34.5 Å². The monoisotopic (exact) mass is 286 g/mol. The van der Waals surface area contributed by atoms with Crippen LogP contribution in [-0.4, -0.2) is 13.1 Å². The molecule has 0 bridgehead atoms. The first kappa shape index (κ1) is 14.3. The molecule has 2 N–H and O–H groups in total. The molecule has 2 aromatic carbocycles. The first-order chi connectivity index (χ1) is 10.1. The quantitative estimate of drug-likeness (QED) is 0.692. The molecule has 0 fully saturated rings. The van der Waals surface area contributed by atoms with Crippen molar-refractivity contribution in [3.63, 3.8) is 0 Å². The molecule has 0 atom stereocenters. The molecule has 0 aliphatic heterocycles. The van der Waals surface area contributed by atoms with E-state index in [0.717, 1.165) is 6.07 Å². The summed E-state index contributed by atoms with van der Waals surface area (Å²) in [7, 11) is 1.22. The Bertz CT molecular complexity index is 738. The van der Waals surface area contributed by atoms with Gasteiger partial charge in [-0.05, 0) is 30.3 Å². The number of halogens is 1. The van der Waals surface area contributed by atoms with E-state index in [9.17, 15) is 9.18 Å². The molecule has 0 aliphatic rings. The highest BCUT2D eigenvalue weighted by Gasteiger charge is 2.17. The Morgan fingerprint density at radius 3 is 2.71 bits per heavy atom. The molecule has 106 valence electrons. The van der Waals surface area contributed by atoms with Crippen LogP contribution in [0, 0.1) is 17.1 Å². The van der Waals surface area contributed by atoms with E-state index >= 15 is 0 Å². The Balaban J connectivity index is 2.48. The number of rotatable bonds is 3. The van der Waals surface area contributed by atoms with Gasteiger partial charge in [-0.1, -0.05) is 6.07 Å². The van der Waals surface area contributed by atoms with Gasteiger partial charge in [-0.15, -0.1) is 0 Å². The number of methoxy groups -OCH3 is 1. The smallest absolute Gasteiger partial charge is 0.341 e. The lowest BCUT2D eigenvalue weighted by atomic mass is 10.1. The number of nitrogens with two attached hydrogens (primary N) is 1. The molecule has 0 amide bonds. The number of carbonyl (C=O) groups is 1.